The maximum Gasteiger partial charge on any atom is 0.0286 e. The summed E-state index contributed by atoms with van der Waals surface area (Å²) in [6.45, 7) is 4.45. The summed E-state index contributed by atoms with van der Waals surface area (Å²) in [6.07, 6.45) is 3.38. The van der Waals surface area contributed by atoms with Gasteiger partial charge in [-0.1, -0.05) is 26.7 Å². The van der Waals surface area contributed by atoms with Crippen molar-refractivity contribution in [1.29, 1.82) is 0 Å². The van der Waals surface area contributed by atoms with Gasteiger partial charge in [-0.05, 0) is 34.3 Å². The Morgan fingerprint density at radius 1 is 1.47 bits per heavy atom. The number of hydrogen-bond acceptors (Lipinski definition) is 3. The second kappa shape index (κ2) is 6.63. The molecule has 3 N–H and O–H groups in total. The topological polar surface area (TPSA) is 38.0 Å². The molecule has 0 aliphatic carbocycles. The van der Waals surface area contributed by atoms with Crippen molar-refractivity contribution in [1.82, 2.24) is 5.43 Å². The minimum atomic E-state index is 0.394. The Balaban J connectivity index is 2.60. The van der Waals surface area contributed by atoms with Crippen LogP contribution in [0.25, 0.3) is 0 Å². The summed E-state index contributed by atoms with van der Waals surface area (Å²) < 4.78 is 1.17. The lowest BCUT2D eigenvalue weighted by molar-refractivity contribution is 0.337. The lowest BCUT2D eigenvalue weighted by Gasteiger charge is -2.23. The first-order valence-electron chi connectivity index (χ1n) is 5.40. The van der Waals surface area contributed by atoms with Gasteiger partial charge in [0.25, 0.3) is 0 Å². The van der Waals surface area contributed by atoms with E-state index in [1.807, 2.05) is 0 Å². The van der Waals surface area contributed by atoms with Crippen LogP contribution in [0, 0.1) is 5.92 Å². The van der Waals surface area contributed by atoms with Gasteiger partial charge in [0.2, 0.25) is 0 Å². The normalized spacial score (nSPS) is 13.4. The van der Waals surface area contributed by atoms with Crippen LogP contribution in [0.1, 0.15) is 31.6 Å². The van der Waals surface area contributed by atoms with Crippen molar-refractivity contribution in [2.45, 2.75) is 39.2 Å². The van der Waals surface area contributed by atoms with E-state index in [0.29, 0.717) is 12.0 Å². The van der Waals surface area contributed by atoms with Crippen molar-refractivity contribution in [3.63, 3.8) is 0 Å². The van der Waals surface area contributed by atoms with Crippen molar-refractivity contribution < 1.29 is 0 Å². The van der Waals surface area contributed by atoms with Crippen LogP contribution in [-0.2, 0) is 6.42 Å². The molecule has 0 bridgehead atoms. The Labute approximate surface area is 104 Å². The molecule has 0 aromatic carbocycles. The van der Waals surface area contributed by atoms with Gasteiger partial charge < -0.3 is 0 Å². The highest BCUT2D eigenvalue weighted by Crippen LogP contribution is 2.24. The lowest BCUT2D eigenvalue weighted by atomic mass is 9.92. The molecule has 0 aliphatic heterocycles. The highest BCUT2D eigenvalue weighted by Gasteiger charge is 2.17. The third kappa shape index (κ3) is 3.87. The van der Waals surface area contributed by atoms with E-state index in [2.05, 4.69) is 46.6 Å². The van der Waals surface area contributed by atoms with Gasteiger partial charge >= 0.3 is 0 Å². The molecule has 1 aromatic rings. The zero-order chi connectivity index (χ0) is 11.3. The van der Waals surface area contributed by atoms with Gasteiger partial charge in [-0.15, -0.1) is 11.3 Å². The van der Waals surface area contributed by atoms with Crippen LogP contribution in [0.5, 0.6) is 0 Å². The van der Waals surface area contributed by atoms with Crippen molar-refractivity contribution in [2.75, 3.05) is 0 Å². The molecule has 1 atom stereocenters. The van der Waals surface area contributed by atoms with Gasteiger partial charge in [0.1, 0.15) is 0 Å². The molecule has 2 nitrogen and oxygen atoms in total. The highest BCUT2D eigenvalue weighted by molar-refractivity contribution is 9.10. The molecule has 0 amide bonds. The molecule has 1 rings (SSSR count). The van der Waals surface area contributed by atoms with E-state index in [-0.39, 0.29) is 0 Å². The van der Waals surface area contributed by atoms with Gasteiger partial charge in [0, 0.05) is 20.8 Å². The van der Waals surface area contributed by atoms with Gasteiger partial charge in [-0.25, -0.2) is 0 Å². The van der Waals surface area contributed by atoms with E-state index in [4.69, 9.17) is 5.84 Å². The summed E-state index contributed by atoms with van der Waals surface area (Å²) in [5.41, 5.74) is 2.95. The number of hydrazine groups is 1. The molecule has 1 heterocycles. The molecular formula is C11H19BrN2S. The molecular weight excluding hydrogens is 272 g/mol. The van der Waals surface area contributed by atoms with E-state index in [1.54, 1.807) is 11.3 Å². The Morgan fingerprint density at radius 3 is 2.53 bits per heavy atom. The molecule has 4 heteroatoms. The molecule has 0 saturated carbocycles. The van der Waals surface area contributed by atoms with Crippen LogP contribution in [-0.4, -0.2) is 6.04 Å². The number of nitrogens with two attached hydrogens (primary N) is 1. The van der Waals surface area contributed by atoms with Crippen LogP contribution in [0.2, 0.25) is 0 Å². The van der Waals surface area contributed by atoms with Gasteiger partial charge in [0.15, 0.2) is 0 Å². The predicted octanol–water partition coefficient (Wildman–Crippen LogP) is 3.32. The SMILES string of the molecule is CCC(CC)C(Cc1cc(Br)cs1)NN. The molecule has 0 saturated heterocycles. The number of rotatable bonds is 6. The molecule has 1 unspecified atom stereocenters. The molecule has 0 radical (unpaired) electrons. The lowest BCUT2D eigenvalue weighted by Crippen LogP contribution is -2.42. The first-order valence-corrected chi connectivity index (χ1v) is 7.07. The first-order chi connectivity index (χ1) is 7.21. The predicted molar refractivity (Wildman–Crippen MR) is 70.9 cm³/mol. The minimum absolute atomic E-state index is 0.394. The van der Waals surface area contributed by atoms with E-state index < -0.39 is 0 Å². The maximum absolute atomic E-state index is 5.62. The Hall–Kier alpha value is 0.1000. The highest BCUT2D eigenvalue weighted by atomic mass is 79.9. The summed E-state index contributed by atoms with van der Waals surface area (Å²) >= 11 is 5.26. The average molecular weight is 291 g/mol. The number of thiophene rings is 1. The van der Waals surface area contributed by atoms with E-state index in [0.717, 1.165) is 6.42 Å². The number of nitrogens with one attached hydrogen (secondary N) is 1. The van der Waals surface area contributed by atoms with Crippen LogP contribution in [0.4, 0.5) is 0 Å². The third-order valence-corrected chi connectivity index (χ3v) is 4.59. The average Bonchev–Trinajstić information content (AvgIpc) is 2.64. The number of hydrogen-bond donors (Lipinski definition) is 2. The Morgan fingerprint density at radius 2 is 2.13 bits per heavy atom. The quantitative estimate of drug-likeness (QED) is 0.623. The maximum atomic E-state index is 5.62. The summed E-state index contributed by atoms with van der Waals surface area (Å²) in [6, 6.07) is 2.57. The van der Waals surface area contributed by atoms with Crippen LogP contribution in [0.15, 0.2) is 15.9 Å². The molecule has 15 heavy (non-hydrogen) atoms. The second-order valence-electron chi connectivity index (χ2n) is 3.79. The van der Waals surface area contributed by atoms with Crippen molar-refractivity contribution in [2.24, 2.45) is 11.8 Å². The Bertz CT molecular complexity index is 284. The standard InChI is InChI=1S/C11H19BrN2S/c1-3-8(4-2)11(14-13)6-10-5-9(12)7-15-10/h5,7-8,11,14H,3-4,6,13H2,1-2H3. The monoisotopic (exact) mass is 290 g/mol. The summed E-state index contributed by atoms with van der Waals surface area (Å²) in [4.78, 5) is 1.39. The van der Waals surface area contributed by atoms with Crippen molar-refractivity contribution in [3.8, 4) is 0 Å². The zero-order valence-corrected chi connectivity index (χ0v) is 11.7. The molecule has 86 valence electrons. The van der Waals surface area contributed by atoms with E-state index >= 15 is 0 Å². The fraction of sp³-hybridized carbons (Fsp3) is 0.636. The van der Waals surface area contributed by atoms with E-state index in [9.17, 15) is 0 Å². The fourth-order valence-corrected chi connectivity index (χ4v) is 3.41. The molecule has 0 fully saturated rings. The van der Waals surface area contributed by atoms with E-state index in [1.165, 1.54) is 22.2 Å². The largest absolute Gasteiger partial charge is 0.271 e. The fourth-order valence-electron chi connectivity index (χ4n) is 1.90. The molecule has 1 aromatic heterocycles. The summed E-state index contributed by atoms with van der Waals surface area (Å²) in [5.74, 6) is 6.29. The molecule has 0 aliphatic rings. The van der Waals surface area contributed by atoms with Crippen molar-refractivity contribution >= 4 is 27.3 Å². The number of halogens is 1. The summed E-state index contributed by atoms with van der Waals surface area (Å²) in [7, 11) is 0. The minimum Gasteiger partial charge on any atom is -0.271 e. The third-order valence-electron chi connectivity index (χ3n) is 2.87. The zero-order valence-electron chi connectivity index (χ0n) is 9.29. The molecule has 0 spiro atoms. The van der Waals surface area contributed by atoms with Crippen molar-refractivity contribution in [3.05, 3.63) is 20.8 Å². The smallest absolute Gasteiger partial charge is 0.0286 e. The van der Waals surface area contributed by atoms with Crippen LogP contribution >= 0.6 is 27.3 Å². The summed E-state index contributed by atoms with van der Waals surface area (Å²) in [5, 5.41) is 2.12. The van der Waals surface area contributed by atoms with Gasteiger partial charge in [0.05, 0.1) is 0 Å². The van der Waals surface area contributed by atoms with Gasteiger partial charge in [-0.3, -0.25) is 11.3 Å². The Kier molecular flexibility index (Phi) is 5.82. The first kappa shape index (κ1) is 13.2. The second-order valence-corrected chi connectivity index (χ2v) is 5.70. The van der Waals surface area contributed by atoms with Crippen LogP contribution < -0.4 is 11.3 Å². The van der Waals surface area contributed by atoms with Crippen LogP contribution in [0.3, 0.4) is 0 Å². The van der Waals surface area contributed by atoms with Gasteiger partial charge in [-0.2, -0.15) is 0 Å².